The summed E-state index contributed by atoms with van der Waals surface area (Å²) in [6.07, 6.45) is -1.39. The van der Waals surface area contributed by atoms with Crippen LogP contribution in [0.5, 0.6) is 0 Å². The Hall–Kier alpha value is -3.03. The Bertz CT molecular complexity index is 1330. The third-order valence-corrected chi connectivity index (χ3v) is 7.66. The molecular weight excluding hydrogens is 514 g/mol. The lowest BCUT2D eigenvalue weighted by molar-refractivity contribution is -0.141. The number of hydrogen-bond donors (Lipinski definition) is 1. The Balaban J connectivity index is 1.45. The zero-order valence-corrected chi connectivity index (χ0v) is 19.4. The molecule has 4 rings (SSSR count). The standard InChI is InChI=1S/C21H18ClF4N5O3S/c22-19-13(12-30(29-19)15-5-8-18(27-11-15)21(24,25)26)10-28-20(32)17-2-1-9-31(17)35(33,34)16-6-3-14(23)4-7-16/h3-8,11-12,17H,1-2,9-10H2,(H,28,32). The lowest BCUT2D eigenvalue weighted by Crippen LogP contribution is -2.45. The zero-order valence-electron chi connectivity index (χ0n) is 17.8. The molecule has 186 valence electrons. The van der Waals surface area contributed by atoms with Gasteiger partial charge in [-0.1, -0.05) is 11.6 Å². The Morgan fingerprint density at radius 3 is 2.51 bits per heavy atom. The van der Waals surface area contributed by atoms with E-state index >= 15 is 0 Å². The van der Waals surface area contributed by atoms with Gasteiger partial charge in [0, 0.05) is 24.8 Å². The highest BCUT2D eigenvalue weighted by Gasteiger charge is 2.39. The second-order valence-electron chi connectivity index (χ2n) is 7.73. The molecule has 1 saturated heterocycles. The summed E-state index contributed by atoms with van der Waals surface area (Å²) in [5, 5.41) is 6.66. The van der Waals surface area contributed by atoms with Gasteiger partial charge in [0.25, 0.3) is 0 Å². The second kappa shape index (κ2) is 9.55. The monoisotopic (exact) mass is 531 g/mol. The summed E-state index contributed by atoms with van der Waals surface area (Å²) in [5.74, 6) is -1.13. The van der Waals surface area contributed by atoms with Crippen molar-refractivity contribution < 1.29 is 30.8 Å². The zero-order chi connectivity index (χ0) is 25.4. The van der Waals surface area contributed by atoms with Crippen LogP contribution in [-0.4, -0.2) is 46.0 Å². The number of hydrogen-bond acceptors (Lipinski definition) is 5. The molecule has 0 spiro atoms. The van der Waals surface area contributed by atoms with Crippen LogP contribution in [0.15, 0.2) is 53.7 Å². The molecule has 0 bridgehead atoms. The first-order valence-corrected chi connectivity index (χ1v) is 12.1. The Kier molecular flexibility index (Phi) is 6.84. The largest absolute Gasteiger partial charge is 0.433 e. The molecular formula is C21H18ClF4N5O3S. The number of nitrogens with zero attached hydrogens (tertiary/aromatic N) is 4. The number of nitrogens with one attached hydrogen (secondary N) is 1. The summed E-state index contributed by atoms with van der Waals surface area (Å²) in [6, 6.07) is 5.37. The summed E-state index contributed by atoms with van der Waals surface area (Å²) in [4.78, 5) is 16.1. The van der Waals surface area contributed by atoms with E-state index in [1.807, 2.05) is 0 Å². The number of aromatic nitrogens is 3. The molecule has 0 saturated carbocycles. The van der Waals surface area contributed by atoms with Gasteiger partial charge in [0.15, 0.2) is 5.15 Å². The molecule has 0 aliphatic carbocycles. The van der Waals surface area contributed by atoms with Crippen molar-refractivity contribution in [1.29, 1.82) is 0 Å². The van der Waals surface area contributed by atoms with Crippen LogP contribution in [-0.2, 0) is 27.5 Å². The van der Waals surface area contributed by atoms with Crippen LogP contribution in [0.1, 0.15) is 24.1 Å². The molecule has 1 fully saturated rings. The third-order valence-electron chi connectivity index (χ3n) is 5.42. The fourth-order valence-electron chi connectivity index (χ4n) is 3.66. The van der Waals surface area contributed by atoms with Crippen molar-refractivity contribution in [3.8, 4) is 5.69 Å². The molecule has 0 radical (unpaired) electrons. The van der Waals surface area contributed by atoms with Crippen LogP contribution in [0.2, 0.25) is 5.15 Å². The molecule has 3 heterocycles. The van der Waals surface area contributed by atoms with E-state index in [-0.39, 0.29) is 28.8 Å². The van der Waals surface area contributed by atoms with E-state index in [4.69, 9.17) is 11.6 Å². The van der Waals surface area contributed by atoms with E-state index < -0.39 is 39.7 Å². The van der Waals surface area contributed by atoms with Gasteiger partial charge in [-0.3, -0.25) is 4.79 Å². The normalized spacial score (nSPS) is 17.0. The van der Waals surface area contributed by atoms with Crippen LogP contribution < -0.4 is 5.32 Å². The third kappa shape index (κ3) is 5.31. The molecule has 1 unspecified atom stereocenters. The second-order valence-corrected chi connectivity index (χ2v) is 9.98. The SMILES string of the molecule is O=C(NCc1cn(-c2ccc(C(F)(F)F)nc2)nc1Cl)C1CCCN1S(=O)(=O)c1ccc(F)cc1. The van der Waals surface area contributed by atoms with Crippen molar-refractivity contribution in [2.24, 2.45) is 0 Å². The van der Waals surface area contributed by atoms with Crippen molar-refractivity contribution in [2.75, 3.05) is 6.54 Å². The quantitative estimate of drug-likeness (QED) is 0.491. The molecule has 2 aromatic heterocycles. The number of pyridine rings is 1. The number of halogens is 5. The fourth-order valence-corrected chi connectivity index (χ4v) is 5.51. The topological polar surface area (TPSA) is 97.2 Å². The molecule has 1 amide bonds. The van der Waals surface area contributed by atoms with E-state index in [1.54, 1.807) is 0 Å². The van der Waals surface area contributed by atoms with Crippen molar-refractivity contribution in [3.63, 3.8) is 0 Å². The molecule has 1 atom stereocenters. The number of carbonyl (C=O) groups excluding carboxylic acids is 1. The first kappa shape index (κ1) is 25.1. The highest BCUT2D eigenvalue weighted by molar-refractivity contribution is 7.89. The summed E-state index contributed by atoms with van der Waals surface area (Å²) >= 11 is 6.12. The van der Waals surface area contributed by atoms with Crippen LogP contribution in [0, 0.1) is 5.82 Å². The number of amides is 1. The maximum absolute atomic E-state index is 13.2. The maximum atomic E-state index is 13.2. The van der Waals surface area contributed by atoms with Crippen LogP contribution in [0.25, 0.3) is 5.69 Å². The minimum Gasteiger partial charge on any atom is -0.350 e. The maximum Gasteiger partial charge on any atom is 0.433 e. The van der Waals surface area contributed by atoms with E-state index in [0.29, 0.717) is 18.4 Å². The van der Waals surface area contributed by atoms with Gasteiger partial charge in [0.2, 0.25) is 15.9 Å². The highest BCUT2D eigenvalue weighted by atomic mass is 35.5. The smallest absolute Gasteiger partial charge is 0.350 e. The van der Waals surface area contributed by atoms with Gasteiger partial charge < -0.3 is 5.32 Å². The minimum atomic E-state index is -4.58. The lowest BCUT2D eigenvalue weighted by atomic mass is 10.2. The Labute approximate surface area is 202 Å². The first-order valence-electron chi connectivity index (χ1n) is 10.3. The molecule has 1 N–H and O–H groups in total. The van der Waals surface area contributed by atoms with Gasteiger partial charge in [-0.2, -0.15) is 22.6 Å². The number of carbonyl (C=O) groups is 1. The van der Waals surface area contributed by atoms with Gasteiger partial charge in [-0.15, -0.1) is 0 Å². The number of alkyl halides is 3. The van der Waals surface area contributed by atoms with Crippen LogP contribution in [0.3, 0.4) is 0 Å². The molecule has 35 heavy (non-hydrogen) atoms. The molecule has 1 aliphatic rings. The van der Waals surface area contributed by atoms with Gasteiger partial charge >= 0.3 is 6.18 Å². The molecule has 1 aromatic carbocycles. The predicted octanol–water partition coefficient (Wildman–Crippen LogP) is 3.55. The number of sulfonamides is 1. The number of benzene rings is 1. The molecule has 1 aliphatic heterocycles. The lowest BCUT2D eigenvalue weighted by Gasteiger charge is -2.23. The van der Waals surface area contributed by atoms with E-state index in [1.165, 1.54) is 16.9 Å². The summed E-state index contributed by atoms with van der Waals surface area (Å²) in [5.41, 5.74) is -0.459. The predicted molar refractivity (Wildman–Crippen MR) is 117 cm³/mol. The first-order chi connectivity index (χ1) is 16.5. The molecule has 3 aromatic rings. The molecule has 8 nitrogen and oxygen atoms in total. The van der Waals surface area contributed by atoms with E-state index in [0.717, 1.165) is 40.8 Å². The minimum absolute atomic E-state index is 0.00686. The van der Waals surface area contributed by atoms with E-state index in [2.05, 4.69) is 15.4 Å². The van der Waals surface area contributed by atoms with Gasteiger partial charge in [-0.25, -0.2) is 22.5 Å². The van der Waals surface area contributed by atoms with Gasteiger partial charge in [0.1, 0.15) is 17.6 Å². The van der Waals surface area contributed by atoms with Gasteiger partial charge in [-0.05, 0) is 49.2 Å². The Morgan fingerprint density at radius 2 is 1.89 bits per heavy atom. The fraction of sp³-hybridized carbons (Fsp3) is 0.286. The molecule has 14 heteroatoms. The van der Waals surface area contributed by atoms with Crippen molar-refractivity contribution in [2.45, 2.75) is 36.5 Å². The Morgan fingerprint density at radius 1 is 1.17 bits per heavy atom. The average Bonchev–Trinajstić information content (AvgIpc) is 3.45. The summed E-state index contributed by atoms with van der Waals surface area (Å²) in [7, 11) is -4.01. The van der Waals surface area contributed by atoms with Crippen LogP contribution >= 0.6 is 11.6 Å². The summed E-state index contributed by atoms with van der Waals surface area (Å²) in [6.45, 7) is 0.0457. The van der Waals surface area contributed by atoms with E-state index in [9.17, 15) is 30.8 Å². The van der Waals surface area contributed by atoms with Crippen molar-refractivity contribution in [3.05, 3.63) is 71.0 Å². The van der Waals surface area contributed by atoms with Crippen molar-refractivity contribution in [1.82, 2.24) is 24.4 Å². The van der Waals surface area contributed by atoms with Crippen LogP contribution in [0.4, 0.5) is 17.6 Å². The van der Waals surface area contributed by atoms with Crippen molar-refractivity contribution >= 4 is 27.5 Å². The van der Waals surface area contributed by atoms with Gasteiger partial charge in [0.05, 0.1) is 16.8 Å². The summed E-state index contributed by atoms with van der Waals surface area (Å²) < 4.78 is 79.5. The average molecular weight is 532 g/mol. The highest BCUT2D eigenvalue weighted by Crippen LogP contribution is 2.28. The number of rotatable bonds is 6.